The van der Waals surface area contributed by atoms with Crippen LogP contribution in [0, 0.1) is 0 Å². The van der Waals surface area contributed by atoms with Crippen molar-refractivity contribution in [2.75, 3.05) is 39.0 Å². The summed E-state index contributed by atoms with van der Waals surface area (Å²) in [6, 6.07) is 16.3. The van der Waals surface area contributed by atoms with Crippen molar-refractivity contribution in [3.63, 3.8) is 0 Å². The van der Waals surface area contributed by atoms with E-state index in [0.717, 1.165) is 5.56 Å². The summed E-state index contributed by atoms with van der Waals surface area (Å²) >= 11 is 0. The van der Waals surface area contributed by atoms with Gasteiger partial charge in [0, 0.05) is 37.9 Å². The van der Waals surface area contributed by atoms with Crippen molar-refractivity contribution in [2.45, 2.75) is 6.61 Å². The van der Waals surface area contributed by atoms with Crippen molar-refractivity contribution in [2.24, 2.45) is 0 Å². The van der Waals surface area contributed by atoms with Crippen molar-refractivity contribution in [3.05, 3.63) is 77.7 Å². The van der Waals surface area contributed by atoms with Crippen LogP contribution in [0.1, 0.15) is 26.5 Å². The molecule has 2 N–H and O–H groups in total. The molecule has 32 heavy (non-hydrogen) atoms. The highest BCUT2D eigenvalue weighted by Gasteiger charge is 2.28. The Kier molecular flexibility index (Phi) is 6.30. The average molecular weight is 435 g/mol. The molecule has 0 spiro atoms. The zero-order chi connectivity index (χ0) is 22.5. The van der Waals surface area contributed by atoms with E-state index in [1.54, 1.807) is 34.1 Å². The lowest BCUT2D eigenvalue weighted by Gasteiger charge is -2.34. The fourth-order valence-electron chi connectivity index (χ4n) is 3.61. The Morgan fingerprint density at radius 3 is 2.25 bits per heavy atom. The number of hydrogen-bond acceptors (Lipinski definition) is 6. The van der Waals surface area contributed by atoms with E-state index in [-0.39, 0.29) is 11.8 Å². The summed E-state index contributed by atoms with van der Waals surface area (Å²) in [5.74, 6) is 0.818. The minimum Gasteiger partial charge on any atom is -0.493 e. The molecule has 2 heterocycles. The predicted octanol–water partition coefficient (Wildman–Crippen LogP) is 3.05. The third kappa shape index (κ3) is 4.54. The van der Waals surface area contributed by atoms with Gasteiger partial charge in [-0.2, -0.15) is 0 Å². The zero-order valence-corrected chi connectivity index (χ0v) is 17.8. The Morgan fingerprint density at radius 2 is 1.62 bits per heavy atom. The number of nitrogens with zero attached hydrogens (tertiary/aromatic N) is 2. The molecule has 0 bridgehead atoms. The maximum absolute atomic E-state index is 13.1. The Balaban J connectivity index is 1.43. The summed E-state index contributed by atoms with van der Waals surface area (Å²) in [5, 5.41) is 0. The molecule has 0 unspecified atom stereocenters. The maximum Gasteiger partial charge on any atom is 0.289 e. The van der Waals surface area contributed by atoms with Gasteiger partial charge >= 0.3 is 0 Å². The lowest BCUT2D eigenvalue weighted by atomic mass is 10.1. The number of nitrogens with two attached hydrogens (primary N) is 1. The van der Waals surface area contributed by atoms with Crippen LogP contribution < -0.4 is 15.2 Å². The number of carbonyl (C=O) groups excluding carboxylic acids is 2. The van der Waals surface area contributed by atoms with E-state index in [1.165, 1.54) is 13.4 Å². The van der Waals surface area contributed by atoms with Crippen LogP contribution in [0.4, 0.5) is 5.69 Å². The molecule has 3 aromatic rings. The van der Waals surface area contributed by atoms with Crippen LogP contribution in [0.5, 0.6) is 11.5 Å². The molecule has 8 nitrogen and oxygen atoms in total. The highest BCUT2D eigenvalue weighted by Crippen LogP contribution is 2.33. The third-order valence-electron chi connectivity index (χ3n) is 5.39. The number of carbonyl (C=O) groups is 2. The standard InChI is InChI=1S/C24H25N3O5/c1-30-21-14-18(19(25)15-22(21)32-16-17-6-3-2-4-7-17)23(28)26-9-11-27(12-10-26)24(29)20-8-5-13-31-20/h2-8,13-15H,9-12,16,25H2,1H3. The van der Waals surface area contributed by atoms with Crippen LogP contribution in [-0.4, -0.2) is 54.9 Å². The van der Waals surface area contributed by atoms with Gasteiger partial charge in [-0.1, -0.05) is 30.3 Å². The Hall–Kier alpha value is -3.94. The molecule has 1 aliphatic heterocycles. The van der Waals surface area contributed by atoms with E-state index in [0.29, 0.717) is 61.3 Å². The molecule has 1 saturated heterocycles. The third-order valence-corrected chi connectivity index (χ3v) is 5.39. The van der Waals surface area contributed by atoms with Crippen LogP contribution in [0.25, 0.3) is 0 Å². The summed E-state index contributed by atoms with van der Waals surface area (Å²) in [6.45, 7) is 2.00. The Morgan fingerprint density at radius 1 is 0.938 bits per heavy atom. The van der Waals surface area contributed by atoms with Crippen molar-refractivity contribution in [3.8, 4) is 11.5 Å². The summed E-state index contributed by atoms with van der Waals surface area (Å²) in [6.07, 6.45) is 1.47. The van der Waals surface area contributed by atoms with Crippen LogP contribution in [-0.2, 0) is 6.61 Å². The van der Waals surface area contributed by atoms with Gasteiger partial charge in [0.15, 0.2) is 17.3 Å². The first-order chi connectivity index (χ1) is 15.6. The lowest BCUT2D eigenvalue weighted by Crippen LogP contribution is -2.50. The molecule has 2 amide bonds. The first-order valence-electron chi connectivity index (χ1n) is 10.3. The van der Waals surface area contributed by atoms with E-state index in [2.05, 4.69) is 0 Å². The van der Waals surface area contributed by atoms with Crippen molar-refractivity contribution in [1.29, 1.82) is 0 Å². The van der Waals surface area contributed by atoms with Gasteiger partial charge in [-0.25, -0.2) is 0 Å². The number of nitrogen functional groups attached to an aromatic ring is 1. The smallest absolute Gasteiger partial charge is 0.289 e. The SMILES string of the molecule is COc1cc(C(=O)N2CCN(C(=O)c3ccco3)CC2)c(N)cc1OCc1ccccc1. The molecule has 1 aromatic heterocycles. The molecule has 166 valence electrons. The molecule has 2 aromatic carbocycles. The molecule has 0 atom stereocenters. The van der Waals surface area contributed by atoms with E-state index in [9.17, 15) is 9.59 Å². The van der Waals surface area contributed by atoms with Gasteiger partial charge in [0.1, 0.15) is 6.61 Å². The minimum absolute atomic E-state index is 0.178. The summed E-state index contributed by atoms with van der Waals surface area (Å²) in [5.41, 5.74) is 7.87. The summed E-state index contributed by atoms with van der Waals surface area (Å²) in [4.78, 5) is 28.9. The van der Waals surface area contributed by atoms with Gasteiger partial charge in [-0.15, -0.1) is 0 Å². The van der Waals surface area contributed by atoms with Crippen LogP contribution in [0.15, 0.2) is 65.3 Å². The van der Waals surface area contributed by atoms with E-state index >= 15 is 0 Å². The highest BCUT2D eigenvalue weighted by atomic mass is 16.5. The number of benzene rings is 2. The Bertz CT molecular complexity index is 1070. The number of piperazine rings is 1. The molecule has 0 aliphatic carbocycles. The molecular weight excluding hydrogens is 410 g/mol. The first kappa shape index (κ1) is 21.3. The molecule has 0 saturated carbocycles. The number of rotatable bonds is 6. The minimum atomic E-state index is -0.208. The predicted molar refractivity (Wildman–Crippen MR) is 119 cm³/mol. The van der Waals surface area contributed by atoms with Crippen LogP contribution in [0.2, 0.25) is 0 Å². The molecule has 8 heteroatoms. The lowest BCUT2D eigenvalue weighted by molar-refractivity contribution is 0.0518. The Labute approximate surface area is 186 Å². The maximum atomic E-state index is 13.1. The van der Waals surface area contributed by atoms with Crippen molar-refractivity contribution < 1.29 is 23.5 Å². The zero-order valence-electron chi connectivity index (χ0n) is 17.8. The normalized spacial score (nSPS) is 13.7. The highest BCUT2D eigenvalue weighted by molar-refractivity contribution is 6.00. The number of anilines is 1. The quantitative estimate of drug-likeness (QED) is 0.598. The van der Waals surface area contributed by atoms with Gasteiger partial charge in [0.25, 0.3) is 11.8 Å². The molecule has 0 radical (unpaired) electrons. The van der Waals surface area contributed by atoms with Crippen LogP contribution in [0.3, 0.4) is 0 Å². The molecule has 4 rings (SSSR count). The fraction of sp³-hybridized carbons (Fsp3) is 0.250. The van der Waals surface area contributed by atoms with Gasteiger partial charge < -0.3 is 29.4 Å². The number of ether oxygens (including phenoxy) is 2. The van der Waals surface area contributed by atoms with Gasteiger partial charge in [-0.05, 0) is 23.8 Å². The second-order valence-electron chi connectivity index (χ2n) is 7.43. The number of hydrogen-bond donors (Lipinski definition) is 1. The topological polar surface area (TPSA) is 98.2 Å². The van der Waals surface area contributed by atoms with Crippen molar-refractivity contribution in [1.82, 2.24) is 9.80 Å². The second-order valence-corrected chi connectivity index (χ2v) is 7.43. The molecule has 1 fully saturated rings. The van der Waals surface area contributed by atoms with Gasteiger partial charge in [0.2, 0.25) is 0 Å². The van der Waals surface area contributed by atoms with Crippen LogP contribution >= 0.6 is 0 Å². The van der Waals surface area contributed by atoms with Gasteiger partial charge in [0.05, 0.1) is 18.9 Å². The van der Waals surface area contributed by atoms with Crippen molar-refractivity contribution >= 4 is 17.5 Å². The monoisotopic (exact) mass is 435 g/mol. The average Bonchev–Trinajstić information content (AvgIpc) is 3.38. The first-order valence-corrected chi connectivity index (χ1v) is 10.3. The number of amides is 2. The second kappa shape index (κ2) is 9.47. The molecule has 1 aliphatic rings. The number of methoxy groups -OCH3 is 1. The van der Waals surface area contributed by atoms with E-state index in [4.69, 9.17) is 19.6 Å². The van der Waals surface area contributed by atoms with E-state index in [1.807, 2.05) is 30.3 Å². The number of furan rings is 1. The summed E-state index contributed by atoms with van der Waals surface area (Å²) in [7, 11) is 1.52. The molecular formula is C24H25N3O5. The summed E-state index contributed by atoms with van der Waals surface area (Å²) < 4.78 is 16.5. The largest absolute Gasteiger partial charge is 0.493 e. The van der Waals surface area contributed by atoms with E-state index < -0.39 is 0 Å². The fourth-order valence-corrected chi connectivity index (χ4v) is 3.61. The van der Waals surface area contributed by atoms with Gasteiger partial charge in [-0.3, -0.25) is 9.59 Å².